The van der Waals surface area contributed by atoms with Crippen molar-refractivity contribution in [3.05, 3.63) is 10.1 Å². The van der Waals surface area contributed by atoms with E-state index in [4.69, 9.17) is 9.84 Å². The molecule has 0 saturated heterocycles. The highest BCUT2D eigenvalue weighted by atomic mass is 16.6. The lowest BCUT2D eigenvalue weighted by Crippen LogP contribution is -2.32. The van der Waals surface area contributed by atoms with E-state index in [2.05, 4.69) is 5.32 Å². The molecule has 0 aliphatic heterocycles. The van der Waals surface area contributed by atoms with Gasteiger partial charge in [0, 0.05) is 38.3 Å². The first kappa shape index (κ1) is 21.9. The summed E-state index contributed by atoms with van der Waals surface area (Å²) in [4.78, 5) is 20.8. The van der Waals surface area contributed by atoms with Gasteiger partial charge in [0.1, 0.15) is 5.60 Å². The molecule has 0 aliphatic carbocycles. The summed E-state index contributed by atoms with van der Waals surface area (Å²) in [6, 6.07) is 0. The second-order valence-electron chi connectivity index (χ2n) is 6.33. The number of carbonyl (C=O) groups is 1. The third-order valence-electron chi connectivity index (χ3n) is 2.36. The van der Waals surface area contributed by atoms with Crippen molar-refractivity contribution < 1.29 is 19.6 Å². The molecule has 7 nitrogen and oxygen atoms in total. The molecular formula is C14H30N2O5. The van der Waals surface area contributed by atoms with Gasteiger partial charge in [0.2, 0.25) is 5.54 Å². The molecule has 0 saturated carbocycles. The Morgan fingerprint density at radius 3 is 2.14 bits per heavy atom. The fraction of sp³-hybridized carbons (Fsp3) is 0.929. The Balaban J connectivity index is 0. The minimum absolute atomic E-state index is 0.0251. The summed E-state index contributed by atoms with van der Waals surface area (Å²) < 4.78 is 4.99. The van der Waals surface area contributed by atoms with Crippen molar-refractivity contribution in [3.63, 3.8) is 0 Å². The molecule has 0 spiro atoms. The molecule has 0 aromatic rings. The second kappa shape index (κ2) is 10.4. The molecular weight excluding hydrogens is 276 g/mol. The second-order valence-corrected chi connectivity index (χ2v) is 6.33. The fourth-order valence-corrected chi connectivity index (χ4v) is 1.14. The van der Waals surface area contributed by atoms with Crippen LogP contribution in [0.15, 0.2) is 0 Å². The van der Waals surface area contributed by atoms with E-state index in [1.807, 2.05) is 27.7 Å². The van der Waals surface area contributed by atoms with Crippen molar-refractivity contribution in [2.75, 3.05) is 13.2 Å². The van der Waals surface area contributed by atoms with Crippen molar-refractivity contribution in [3.8, 4) is 0 Å². The van der Waals surface area contributed by atoms with E-state index >= 15 is 0 Å². The predicted octanol–water partition coefficient (Wildman–Crippen LogP) is 2.74. The van der Waals surface area contributed by atoms with Gasteiger partial charge < -0.3 is 15.2 Å². The average Bonchev–Trinajstić information content (AvgIpc) is 2.32. The van der Waals surface area contributed by atoms with Crippen LogP contribution in [-0.4, -0.2) is 40.4 Å². The molecule has 0 atom stereocenters. The van der Waals surface area contributed by atoms with Crippen molar-refractivity contribution in [1.82, 2.24) is 5.32 Å². The number of amides is 1. The van der Waals surface area contributed by atoms with Gasteiger partial charge in [-0.2, -0.15) is 0 Å². The molecule has 126 valence electrons. The Morgan fingerprint density at radius 2 is 1.81 bits per heavy atom. The van der Waals surface area contributed by atoms with Crippen LogP contribution in [0.2, 0.25) is 0 Å². The van der Waals surface area contributed by atoms with Crippen LogP contribution in [0.3, 0.4) is 0 Å². The summed E-state index contributed by atoms with van der Waals surface area (Å²) >= 11 is 0. The first-order valence-corrected chi connectivity index (χ1v) is 7.18. The maximum Gasteiger partial charge on any atom is 0.407 e. The maximum atomic E-state index is 10.9. The molecule has 0 radical (unpaired) electrons. The highest BCUT2D eigenvalue weighted by Gasteiger charge is 2.29. The predicted molar refractivity (Wildman–Crippen MR) is 81.9 cm³/mol. The van der Waals surface area contributed by atoms with Crippen LogP contribution in [-0.2, 0) is 4.74 Å². The van der Waals surface area contributed by atoms with E-state index in [1.165, 1.54) is 0 Å². The van der Waals surface area contributed by atoms with E-state index < -0.39 is 11.1 Å². The summed E-state index contributed by atoms with van der Waals surface area (Å²) in [6.07, 6.45) is 1.52. The van der Waals surface area contributed by atoms with Gasteiger partial charge in [-0.15, -0.1) is 0 Å². The molecule has 0 heterocycles. The van der Waals surface area contributed by atoms with Gasteiger partial charge in [-0.3, -0.25) is 10.1 Å². The van der Waals surface area contributed by atoms with Crippen LogP contribution in [0.1, 0.15) is 60.8 Å². The molecule has 21 heavy (non-hydrogen) atoms. The van der Waals surface area contributed by atoms with E-state index in [0.29, 0.717) is 19.4 Å². The molecule has 0 bridgehead atoms. The number of aliphatic hydroxyl groups is 1. The minimum atomic E-state index is -0.886. The van der Waals surface area contributed by atoms with Crippen LogP contribution in [0.4, 0.5) is 4.79 Å². The molecule has 2 N–H and O–H groups in total. The number of hydrogen-bond acceptors (Lipinski definition) is 5. The highest BCUT2D eigenvalue weighted by Crippen LogP contribution is 2.14. The molecule has 1 amide bonds. The van der Waals surface area contributed by atoms with E-state index in [-0.39, 0.29) is 17.6 Å². The van der Waals surface area contributed by atoms with Crippen molar-refractivity contribution in [2.24, 2.45) is 0 Å². The zero-order valence-electron chi connectivity index (χ0n) is 14.1. The van der Waals surface area contributed by atoms with Crippen LogP contribution < -0.4 is 5.32 Å². The summed E-state index contributed by atoms with van der Waals surface area (Å²) in [5.74, 6) is 0. The summed E-state index contributed by atoms with van der Waals surface area (Å²) in [6.45, 7) is 11.4. The highest BCUT2D eigenvalue weighted by molar-refractivity contribution is 5.67. The molecule has 0 aromatic heterocycles. The number of ether oxygens (including phenoxy) is 1. The molecule has 0 unspecified atom stereocenters. The zero-order chi connectivity index (χ0) is 17.1. The summed E-state index contributed by atoms with van der Waals surface area (Å²) in [5.41, 5.74) is -1.28. The SMILES string of the molecule is CC(C)(CCCO)[N+](=O)[O-].CCCNC(=O)OC(C)(C)C. The number of rotatable bonds is 6. The standard InChI is InChI=1S/C8H17NO2.C6H13NO3/c1-5-6-9-7(10)11-8(2,3)4;1-6(2,7(9)10)4-3-5-8/h5-6H2,1-4H3,(H,9,10);8H,3-5H2,1-2H3. The van der Waals surface area contributed by atoms with E-state index in [0.717, 1.165) is 6.42 Å². The number of carbonyl (C=O) groups excluding carboxylic acids is 1. The van der Waals surface area contributed by atoms with Crippen molar-refractivity contribution in [1.29, 1.82) is 0 Å². The third-order valence-corrected chi connectivity index (χ3v) is 2.36. The quantitative estimate of drug-likeness (QED) is 0.580. The summed E-state index contributed by atoms with van der Waals surface area (Å²) in [5, 5.41) is 21.3. The number of nitro groups is 1. The smallest absolute Gasteiger partial charge is 0.407 e. The topological polar surface area (TPSA) is 102 Å². The number of aliphatic hydroxyl groups excluding tert-OH is 1. The van der Waals surface area contributed by atoms with Gasteiger partial charge in [-0.25, -0.2) is 4.79 Å². The lowest BCUT2D eigenvalue weighted by Gasteiger charge is -2.19. The normalized spacial score (nSPS) is 11.2. The van der Waals surface area contributed by atoms with Gasteiger partial charge in [0.25, 0.3) is 0 Å². The van der Waals surface area contributed by atoms with E-state index in [9.17, 15) is 14.9 Å². The first-order valence-electron chi connectivity index (χ1n) is 7.18. The Kier molecular flexibility index (Phi) is 10.8. The van der Waals surface area contributed by atoms with Gasteiger partial charge in [-0.1, -0.05) is 6.92 Å². The van der Waals surface area contributed by atoms with Gasteiger partial charge in [0.15, 0.2) is 0 Å². The lowest BCUT2D eigenvalue weighted by atomic mass is 10.0. The fourth-order valence-electron chi connectivity index (χ4n) is 1.14. The maximum absolute atomic E-state index is 10.9. The van der Waals surface area contributed by atoms with Crippen molar-refractivity contribution >= 4 is 6.09 Å². The number of nitrogens with zero attached hydrogens (tertiary/aromatic N) is 1. The third kappa shape index (κ3) is 14.8. The van der Waals surface area contributed by atoms with E-state index in [1.54, 1.807) is 13.8 Å². The number of alkyl carbamates (subject to hydrolysis) is 1. The van der Waals surface area contributed by atoms with Crippen LogP contribution in [0.25, 0.3) is 0 Å². The lowest BCUT2D eigenvalue weighted by molar-refractivity contribution is -0.561. The summed E-state index contributed by atoms with van der Waals surface area (Å²) in [7, 11) is 0. The Labute approximate surface area is 127 Å². The Bertz CT molecular complexity index is 311. The first-order chi connectivity index (χ1) is 9.46. The number of hydrogen-bond donors (Lipinski definition) is 2. The average molecular weight is 306 g/mol. The molecule has 0 fully saturated rings. The Hall–Kier alpha value is -1.37. The van der Waals surface area contributed by atoms with Crippen LogP contribution >= 0.6 is 0 Å². The molecule has 0 aliphatic rings. The molecule has 0 rings (SSSR count). The minimum Gasteiger partial charge on any atom is -0.444 e. The van der Waals surface area contributed by atoms with Crippen LogP contribution in [0, 0.1) is 10.1 Å². The monoisotopic (exact) mass is 306 g/mol. The van der Waals surface area contributed by atoms with Gasteiger partial charge >= 0.3 is 6.09 Å². The van der Waals surface area contributed by atoms with Gasteiger partial charge in [0.05, 0.1) is 0 Å². The van der Waals surface area contributed by atoms with Crippen LogP contribution in [0.5, 0.6) is 0 Å². The Morgan fingerprint density at radius 1 is 1.29 bits per heavy atom. The largest absolute Gasteiger partial charge is 0.444 e. The number of nitrogens with one attached hydrogen (secondary N) is 1. The molecule has 7 heteroatoms. The zero-order valence-corrected chi connectivity index (χ0v) is 14.1. The molecule has 0 aromatic carbocycles. The van der Waals surface area contributed by atoms with Gasteiger partial charge in [-0.05, 0) is 33.6 Å². The van der Waals surface area contributed by atoms with Crippen molar-refractivity contribution in [2.45, 2.75) is 71.9 Å².